The number of hydrogen-bond acceptors (Lipinski definition) is 5. The highest BCUT2D eigenvalue weighted by Crippen LogP contribution is 2.33. The number of para-hydroxylation sites is 2. The molecule has 0 saturated heterocycles. The number of nitrogens with zero attached hydrogens (tertiary/aromatic N) is 2. The van der Waals surface area contributed by atoms with Crippen LogP contribution in [0.3, 0.4) is 0 Å². The Morgan fingerprint density at radius 2 is 1.91 bits per heavy atom. The Morgan fingerprint density at radius 1 is 1.16 bits per heavy atom. The number of anilines is 1. The molecule has 2 aromatic carbocycles. The third kappa shape index (κ3) is 3.73. The van der Waals surface area contributed by atoms with E-state index in [9.17, 15) is 9.18 Å². The van der Waals surface area contributed by atoms with E-state index in [1.807, 2.05) is 37.4 Å². The minimum Gasteiger partial charge on any atom is -0.485 e. The zero-order valence-electron chi connectivity index (χ0n) is 17.5. The monoisotopic (exact) mass is 449 g/mol. The van der Waals surface area contributed by atoms with E-state index >= 15 is 0 Å². The van der Waals surface area contributed by atoms with Crippen molar-refractivity contribution in [2.45, 2.75) is 20.0 Å². The molecule has 0 bridgehead atoms. The highest BCUT2D eigenvalue weighted by Gasteiger charge is 2.28. The zero-order chi connectivity index (χ0) is 22.2. The Balaban J connectivity index is 1.34. The lowest BCUT2D eigenvalue weighted by Gasteiger charge is -2.25. The van der Waals surface area contributed by atoms with Crippen LogP contribution in [0, 0.1) is 19.7 Å². The van der Waals surface area contributed by atoms with Gasteiger partial charge in [-0.25, -0.2) is 9.37 Å². The molecule has 0 radical (unpaired) electrons. The van der Waals surface area contributed by atoms with E-state index in [1.165, 1.54) is 23.5 Å². The first-order valence-corrected chi connectivity index (χ1v) is 11.0. The maximum Gasteiger partial charge on any atom is 0.270 e. The van der Waals surface area contributed by atoms with Gasteiger partial charge in [0, 0.05) is 28.0 Å². The summed E-state index contributed by atoms with van der Waals surface area (Å²) in [6, 6.07) is 15.7. The van der Waals surface area contributed by atoms with Gasteiger partial charge in [-0.2, -0.15) is 0 Å². The van der Waals surface area contributed by atoms with Gasteiger partial charge < -0.3 is 14.0 Å². The number of fused-ring (bicyclic) bond motifs is 1. The average molecular weight is 450 g/mol. The van der Waals surface area contributed by atoms with Crippen molar-refractivity contribution in [3.8, 4) is 28.4 Å². The summed E-state index contributed by atoms with van der Waals surface area (Å²) in [5.74, 6) is 0.598. The zero-order valence-corrected chi connectivity index (χ0v) is 18.3. The summed E-state index contributed by atoms with van der Waals surface area (Å²) < 4.78 is 26.8. The minimum absolute atomic E-state index is 0.139. The number of benzene rings is 2. The van der Waals surface area contributed by atoms with E-state index in [1.54, 1.807) is 24.3 Å². The molecule has 0 aliphatic carbocycles. The molecule has 1 aliphatic rings. The Bertz CT molecular complexity index is 1300. The van der Waals surface area contributed by atoms with Gasteiger partial charge in [0.05, 0.1) is 5.69 Å². The lowest BCUT2D eigenvalue weighted by molar-refractivity contribution is -0.125. The summed E-state index contributed by atoms with van der Waals surface area (Å²) in [7, 11) is 0. The minimum atomic E-state index is -0.749. The second kappa shape index (κ2) is 8.12. The lowest BCUT2D eigenvalue weighted by Crippen LogP contribution is -2.40. The summed E-state index contributed by atoms with van der Waals surface area (Å²) in [5.41, 5.74) is 4.59. The SMILES string of the molecule is Cc1cc(-c2csc(NC(=O)C3COc4ccccc4O3)n2)c(C)n1-c1ccc(F)cc1. The summed E-state index contributed by atoms with van der Waals surface area (Å²) in [5, 5.41) is 5.21. The number of nitrogens with one attached hydrogen (secondary N) is 1. The smallest absolute Gasteiger partial charge is 0.270 e. The molecule has 0 saturated carbocycles. The second-order valence-electron chi connectivity index (χ2n) is 7.49. The van der Waals surface area contributed by atoms with E-state index in [0.717, 1.165) is 28.3 Å². The van der Waals surface area contributed by atoms with Crippen LogP contribution in [-0.4, -0.2) is 28.2 Å². The Morgan fingerprint density at radius 3 is 2.69 bits per heavy atom. The molecule has 1 unspecified atom stereocenters. The summed E-state index contributed by atoms with van der Waals surface area (Å²) in [6.07, 6.45) is -0.749. The highest BCUT2D eigenvalue weighted by atomic mass is 32.1. The van der Waals surface area contributed by atoms with Crippen LogP contribution in [0.15, 0.2) is 60.0 Å². The maximum atomic E-state index is 13.3. The number of amides is 1. The van der Waals surface area contributed by atoms with Gasteiger partial charge in [0.2, 0.25) is 6.10 Å². The van der Waals surface area contributed by atoms with E-state index in [2.05, 4.69) is 14.9 Å². The number of aryl methyl sites for hydroxylation is 1. The van der Waals surface area contributed by atoms with Gasteiger partial charge in [-0.05, 0) is 56.3 Å². The molecule has 1 aliphatic heterocycles. The van der Waals surface area contributed by atoms with Gasteiger partial charge in [-0.15, -0.1) is 11.3 Å². The van der Waals surface area contributed by atoms with Crippen molar-refractivity contribution in [3.05, 3.63) is 77.2 Å². The first kappa shape index (κ1) is 20.3. The molecule has 4 aromatic rings. The van der Waals surface area contributed by atoms with Crippen LogP contribution in [0.1, 0.15) is 11.4 Å². The molecule has 0 spiro atoms. The van der Waals surface area contributed by atoms with Crippen LogP contribution < -0.4 is 14.8 Å². The fourth-order valence-electron chi connectivity index (χ4n) is 3.80. The molecule has 5 rings (SSSR count). The number of thiazole rings is 1. The second-order valence-corrected chi connectivity index (χ2v) is 8.35. The van der Waals surface area contributed by atoms with Gasteiger partial charge in [-0.1, -0.05) is 12.1 Å². The standard InChI is InChI=1S/C24H20FN3O3S/c1-14-11-18(15(2)28(14)17-9-7-16(25)8-10-17)19-13-32-24(26-19)27-23(29)22-12-30-20-5-3-4-6-21(20)31-22/h3-11,13,22H,12H2,1-2H3,(H,26,27,29). The molecular formula is C24H20FN3O3S. The lowest BCUT2D eigenvalue weighted by atomic mass is 10.2. The van der Waals surface area contributed by atoms with Crippen molar-refractivity contribution < 1.29 is 18.7 Å². The van der Waals surface area contributed by atoms with Gasteiger partial charge in [0.25, 0.3) is 5.91 Å². The summed E-state index contributed by atoms with van der Waals surface area (Å²) in [4.78, 5) is 17.3. The predicted molar refractivity (Wildman–Crippen MR) is 121 cm³/mol. The number of carbonyl (C=O) groups is 1. The van der Waals surface area contributed by atoms with Crippen LogP contribution in [0.5, 0.6) is 11.5 Å². The number of halogens is 1. The highest BCUT2D eigenvalue weighted by molar-refractivity contribution is 7.14. The first-order chi connectivity index (χ1) is 15.5. The van der Waals surface area contributed by atoms with Crippen molar-refractivity contribution in [1.29, 1.82) is 0 Å². The molecule has 3 heterocycles. The van der Waals surface area contributed by atoms with Gasteiger partial charge in [0.1, 0.15) is 12.4 Å². The van der Waals surface area contributed by atoms with Gasteiger partial charge in [-0.3, -0.25) is 10.1 Å². The van der Waals surface area contributed by atoms with Gasteiger partial charge in [0.15, 0.2) is 16.6 Å². The summed E-state index contributed by atoms with van der Waals surface area (Å²) in [6.45, 7) is 4.13. The van der Waals surface area contributed by atoms with Crippen LogP contribution in [0.4, 0.5) is 9.52 Å². The average Bonchev–Trinajstić information content (AvgIpc) is 3.37. The fraction of sp³-hybridized carbons (Fsp3) is 0.167. The quantitative estimate of drug-likeness (QED) is 0.469. The fourth-order valence-corrected chi connectivity index (χ4v) is 4.51. The Hall–Kier alpha value is -3.65. The molecule has 2 aromatic heterocycles. The molecule has 1 amide bonds. The third-order valence-electron chi connectivity index (χ3n) is 5.33. The van der Waals surface area contributed by atoms with Crippen LogP contribution in [0.25, 0.3) is 16.9 Å². The Kier molecular flexibility index (Phi) is 5.14. The van der Waals surface area contributed by atoms with Crippen molar-refractivity contribution in [2.75, 3.05) is 11.9 Å². The molecule has 0 fully saturated rings. The van der Waals surface area contributed by atoms with E-state index < -0.39 is 6.10 Å². The molecule has 32 heavy (non-hydrogen) atoms. The normalized spacial score (nSPS) is 14.9. The van der Waals surface area contributed by atoms with Crippen LogP contribution >= 0.6 is 11.3 Å². The maximum absolute atomic E-state index is 13.3. The van der Waals surface area contributed by atoms with Crippen LogP contribution in [0.2, 0.25) is 0 Å². The Labute approximate surface area is 188 Å². The van der Waals surface area contributed by atoms with E-state index in [0.29, 0.717) is 16.6 Å². The van der Waals surface area contributed by atoms with E-state index in [-0.39, 0.29) is 18.3 Å². The summed E-state index contributed by atoms with van der Waals surface area (Å²) >= 11 is 1.35. The third-order valence-corrected chi connectivity index (χ3v) is 6.08. The molecule has 162 valence electrons. The molecule has 8 heteroatoms. The number of aromatic nitrogens is 2. The van der Waals surface area contributed by atoms with Crippen molar-refractivity contribution in [2.24, 2.45) is 0 Å². The van der Waals surface area contributed by atoms with Crippen molar-refractivity contribution in [3.63, 3.8) is 0 Å². The van der Waals surface area contributed by atoms with Crippen LogP contribution in [-0.2, 0) is 4.79 Å². The van der Waals surface area contributed by atoms with Crippen molar-refractivity contribution in [1.82, 2.24) is 9.55 Å². The first-order valence-electron chi connectivity index (χ1n) is 10.1. The van der Waals surface area contributed by atoms with Gasteiger partial charge >= 0.3 is 0 Å². The molecule has 1 atom stereocenters. The largest absolute Gasteiger partial charge is 0.485 e. The molecule has 6 nitrogen and oxygen atoms in total. The predicted octanol–water partition coefficient (Wildman–Crippen LogP) is 5.14. The number of hydrogen-bond donors (Lipinski definition) is 1. The topological polar surface area (TPSA) is 65.4 Å². The van der Waals surface area contributed by atoms with Crippen molar-refractivity contribution >= 4 is 22.4 Å². The van der Waals surface area contributed by atoms with E-state index in [4.69, 9.17) is 9.47 Å². The number of carbonyl (C=O) groups excluding carboxylic acids is 1. The number of rotatable bonds is 4. The number of ether oxygens (including phenoxy) is 2. The molecular weight excluding hydrogens is 429 g/mol. The molecule has 1 N–H and O–H groups in total.